The molecule has 1 N–H and O–H groups in total. The fourth-order valence-corrected chi connectivity index (χ4v) is 3.24. The largest absolute Gasteiger partial charge is 0.340 e. The molecule has 26 heavy (non-hydrogen) atoms. The highest BCUT2D eigenvalue weighted by Crippen LogP contribution is 2.32. The molecule has 1 atom stereocenters. The monoisotopic (exact) mass is 363 g/mol. The molecule has 2 heterocycles. The van der Waals surface area contributed by atoms with E-state index in [1.807, 2.05) is 67.8 Å². The van der Waals surface area contributed by atoms with E-state index in [9.17, 15) is 4.79 Å². The van der Waals surface area contributed by atoms with E-state index < -0.39 is 5.92 Å². The van der Waals surface area contributed by atoms with Gasteiger partial charge in [-0.05, 0) is 49.9 Å². The Hall–Kier alpha value is -2.66. The van der Waals surface area contributed by atoms with Gasteiger partial charge in [-0.1, -0.05) is 30.3 Å². The molecular formula is C21H21N3OS. The van der Waals surface area contributed by atoms with Gasteiger partial charge in [0.25, 0.3) is 0 Å². The summed E-state index contributed by atoms with van der Waals surface area (Å²) < 4.78 is 0. The van der Waals surface area contributed by atoms with Crippen LogP contribution in [0.3, 0.4) is 0 Å². The summed E-state index contributed by atoms with van der Waals surface area (Å²) in [5.41, 5.74) is 3.55. The van der Waals surface area contributed by atoms with Crippen molar-refractivity contribution in [2.75, 3.05) is 11.6 Å². The SMILES string of the molecule is CSc1ccc(C(C(C)=O)c2ccc(C)nc2Nc2ccccc2)cn1. The Balaban J connectivity index is 2.05. The summed E-state index contributed by atoms with van der Waals surface area (Å²) in [4.78, 5) is 21.6. The number of hydrogen-bond acceptors (Lipinski definition) is 5. The minimum Gasteiger partial charge on any atom is -0.340 e. The van der Waals surface area contributed by atoms with Gasteiger partial charge in [0, 0.05) is 23.1 Å². The predicted molar refractivity (Wildman–Crippen MR) is 107 cm³/mol. The van der Waals surface area contributed by atoms with Crippen LogP contribution in [0, 0.1) is 6.92 Å². The van der Waals surface area contributed by atoms with E-state index in [0.29, 0.717) is 5.82 Å². The van der Waals surface area contributed by atoms with Gasteiger partial charge < -0.3 is 5.32 Å². The molecule has 0 aliphatic carbocycles. The van der Waals surface area contributed by atoms with E-state index in [1.165, 1.54) is 0 Å². The number of aromatic nitrogens is 2. The standard InChI is InChI=1S/C21H21N3OS/c1-14-9-11-18(21(23-14)24-17-7-5-4-6-8-17)20(15(2)25)16-10-12-19(26-3)22-13-16/h4-13,20H,1-3H3,(H,23,24). The first-order chi connectivity index (χ1) is 12.6. The zero-order chi connectivity index (χ0) is 18.5. The lowest BCUT2D eigenvalue weighted by atomic mass is 9.89. The molecule has 3 aromatic rings. The van der Waals surface area contributed by atoms with Gasteiger partial charge >= 0.3 is 0 Å². The molecule has 0 aliphatic heterocycles. The number of ketones is 1. The molecule has 0 bridgehead atoms. The quantitative estimate of drug-likeness (QED) is 0.627. The summed E-state index contributed by atoms with van der Waals surface area (Å²) in [6.45, 7) is 3.55. The number of hydrogen-bond donors (Lipinski definition) is 1. The second-order valence-electron chi connectivity index (χ2n) is 6.06. The zero-order valence-corrected chi connectivity index (χ0v) is 15.9. The van der Waals surface area contributed by atoms with Crippen LogP contribution in [0.4, 0.5) is 11.5 Å². The Labute approximate surface area is 158 Å². The number of thioether (sulfide) groups is 1. The number of nitrogens with one attached hydrogen (secondary N) is 1. The lowest BCUT2D eigenvalue weighted by molar-refractivity contribution is -0.117. The molecule has 3 rings (SSSR count). The molecule has 0 amide bonds. The third kappa shape index (κ3) is 4.11. The number of nitrogens with zero attached hydrogens (tertiary/aromatic N) is 2. The van der Waals surface area contributed by atoms with E-state index in [4.69, 9.17) is 0 Å². The summed E-state index contributed by atoms with van der Waals surface area (Å²) in [6, 6.07) is 17.7. The van der Waals surface area contributed by atoms with Crippen molar-refractivity contribution in [2.45, 2.75) is 24.8 Å². The average Bonchev–Trinajstić information content (AvgIpc) is 2.65. The zero-order valence-electron chi connectivity index (χ0n) is 15.1. The number of benzene rings is 1. The number of anilines is 2. The molecule has 0 spiro atoms. The third-order valence-corrected chi connectivity index (χ3v) is 4.78. The number of aryl methyl sites for hydroxylation is 1. The Bertz CT molecular complexity index is 895. The van der Waals surface area contributed by atoms with Gasteiger partial charge in [-0.15, -0.1) is 11.8 Å². The van der Waals surface area contributed by atoms with Gasteiger partial charge in [0.2, 0.25) is 0 Å². The molecule has 2 aromatic heterocycles. The fourth-order valence-electron chi connectivity index (χ4n) is 2.88. The van der Waals surface area contributed by atoms with Crippen molar-refractivity contribution in [1.82, 2.24) is 9.97 Å². The van der Waals surface area contributed by atoms with Gasteiger partial charge in [0.1, 0.15) is 11.6 Å². The molecule has 0 saturated heterocycles. The fraction of sp³-hybridized carbons (Fsp3) is 0.190. The molecule has 0 saturated carbocycles. The minimum atomic E-state index is -0.405. The van der Waals surface area contributed by atoms with Crippen molar-refractivity contribution in [3.63, 3.8) is 0 Å². The van der Waals surface area contributed by atoms with Crippen LogP contribution in [-0.2, 0) is 4.79 Å². The number of carbonyl (C=O) groups is 1. The third-order valence-electron chi connectivity index (χ3n) is 4.12. The van der Waals surface area contributed by atoms with Crippen molar-refractivity contribution < 1.29 is 4.79 Å². The highest BCUT2D eigenvalue weighted by molar-refractivity contribution is 7.98. The number of para-hydroxylation sites is 1. The van der Waals surface area contributed by atoms with Gasteiger partial charge in [0.05, 0.1) is 10.9 Å². The summed E-state index contributed by atoms with van der Waals surface area (Å²) in [5.74, 6) is 0.355. The van der Waals surface area contributed by atoms with E-state index in [2.05, 4.69) is 15.3 Å². The van der Waals surface area contributed by atoms with E-state index in [1.54, 1.807) is 24.9 Å². The average molecular weight is 363 g/mol. The van der Waals surface area contributed by atoms with E-state index >= 15 is 0 Å². The van der Waals surface area contributed by atoms with Crippen molar-refractivity contribution in [3.05, 3.63) is 77.6 Å². The number of rotatable bonds is 6. The summed E-state index contributed by atoms with van der Waals surface area (Å²) in [6.07, 6.45) is 3.76. The van der Waals surface area contributed by atoms with E-state index in [-0.39, 0.29) is 5.78 Å². The number of Topliss-reactive ketones (excluding diaryl/α,β-unsaturated/α-hetero) is 1. The van der Waals surface area contributed by atoms with Crippen molar-refractivity contribution >= 4 is 29.1 Å². The summed E-state index contributed by atoms with van der Waals surface area (Å²) in [5, 5.41) is 4.28. The highest BCUT2D eigenvalue weighted by Gasteiger charge is 2.23. The smallest absolute Gasteiger partial charge is 0.141 e. The van der Waals surface area contributed by atoms with Gasteiger partial charge in [0.15, 0.2) is 0 Å². The molecule has 132 valence electrons. The van der Waals surface area contributed by atoms with Crippen LogP contribution >= 0.6 is 11.8 Å². The lowest BCUT2D eigenvalue weighted by Crippen LogP contribution is -2.14. The Morgan fingerprint density at radius 1 is 1.08 bits per heavy atom. The van der Waals surface area contributed by atoms with Gasteiger partial charge in [-0.3, -0.25) is 4.79 Å². The Morgan fingerprint density at radius 3 is 2.46 bits per heavy atom. The van der Waals surface area contributed by atoms with Gasteiger partial charge in [-0.25, -0.2) is 9.97 Å². The lowest BCUT2D eigenvalue weighted by Gasteiger charge is -2.19. The number of carbonyl (C=O) groups excluding carboxylic acids is 1. The van der Waals surface area contributed by atoms with Crippen molar-refractivity contribution in [3.8, 4) is 0 Å². The van der Waals surface area contributed by atoms with Crippen LogP contribution in [-0.4, -0.2) is 22.0 Å². The molecule has 1 unspecified atom stereocenters. The van der Waals surface area contributed by atoms with Crippen LogP contribution in [0.2, 0.25) is 0 Å². The Kier molecular flexibility index (Phi) is 5.68. The number of pyridine rings is 2. The van der Waals surface area contributed by atoms with Crippen LogP contribution in [0.5, 0.6) is 0 Å². The van der Waals surface area contributed by atoms with Crippen LogP contribution < -0.4 is 5.32 Å². The van der Waals surface area contributed by atoms with Crippen molar-refractivity contribution in [2.24, 2.45) is 0 Å². The maximum Gasteiger partial charge on any atom is 0.141 e. The maximum absolute atomic E-state index is 12.5. The molecule has 0 fully saturated rings. The minimum absolute atomic E-state index is 0.0606. The molecular weight excluding hydrogens is 342 g/mol. The second kappa shape index (κ2) is 8.15. The maximum atomic E-state index is 12.5. The Morgan fingerprint density at radius 2 is 1.85 bits per heavy atom. The molecule has 0 aliphatic rings. The normalized spacial score (nSPS) is 11.8. The van der Waals surface area contributed by atoms with Gasteiger partial charge in [-0.2, -0.15) is 0 Å². The summed E-state index contributed by atoms with van der Waals surface area (Å²) >= 11 is 1.58. The van der Waals surface area contributed by atoms with Crippen LogP contribution in [0.1, 0.15) is 29.7 Å². The first-order valence-electron chi connectivity index (χ1n) is 8.38. The van der Waals surface area contributed by atoms with Crippen molar-refractivity contribution in [1.29, 1.82) is 0 Å². The van der Waals surface area contributed by atoms with E-state index in [0.717, 1.165) is 27.5 Å². The molecule has 0 radical (unpaired) electrons. The van der Waals surface area contributed by atoms with Crippen LogP contribution in [0.25, 0.3) is 0 Å². The first-order valence-corrected chi connectivity index (χ1v) is 9.61. The molecule has 4 nitrogen and oxygen atoms in total. The molecule has 1 aromatic carbocycles. The van der Waals surface area contributed by atoms with Crippen LogP contribution in [0.15, 0.2) is 65.8 Å². The topological polar surface area (TPSA) is 54.9 Å². The highest BCUT2D eigenvalue weighted by atomic mass is 32.2. The second-order valence-corrected chi connectivity index (χ2v) is 6.89. The predicted octanol–water partition coefficient (Wildman–Crippen LogP) is 4.97. The molecule has 5 heteroatoms. The summed E-state index contributed by atoms with van der Waals surface area (Å²) in [7, 11) is 0. The first kappa shape index (κ1) is 18.1.